The lowest BCUT2D eigenvalue weighted by Crippen LogP contribution is -2.42. The Labute approximate surface area is 130 Å². The zero-order valence-electron chi connectivity index (χ0n) is 12.9. The zero-order valence-corrected chi connectivity index (χ0v) is 12.9. The van der Waals surface area contributed by atoms with Crippen LogP contribution < -0.4 is 5.32 Å². The van der Waals surface area contributed by atoms with E-state index in [1.165, 1.54) is 6.08 Å². The van der Waals surface area contributed by atoms with Gasteiger partial charge in [-0.2, -0.15) is 0 Å². The number of benzene rings is 1. The van der Waals surface area contributed by atoms with Crippen molar-refractivity contribution in [3.8, 4) is 0 Å². The first-order valence-electron chi connectivity index (χ1n) is 7.08. The van der Waals surface area contributed by atoms with Gasteiger partial charge in [0.05, 0.1) is 5.54 Å². The molecule has 0 aliphatic carbocycles. The number of nitrogens with one attached hydrogen (secondary N) is 1. The minimum absolute atomic E-state index is 0.0150. The van der Waals surface area contributed by atoms with E-state index in [1.807, 2.05) is 37.3 Å². The van der Waals surface area contributed by atoms with Gasteiger partial charge in [-0.05, 0) is 25.0 Å². The number of hydrogen-bond donors (Lipinski definition) is 1. The monoisotopic (exact) mass is 303 g/mol. The molecule has 1 N–H and O–H groups in total. The molecule has 22 heavy (non-hydrogen) atoms. The molecule has 1 atom stereocenters. The van der Waals surface area contributed by atoms with Crippen LogP contribution in [0.4, 0.5) is 0 Å². The van der Waals surface area contributed by atoms with E-state index in [0.717, 1.165) is 12.0 Å². The molecule has 1 aromatic carbocycles. The van der Waals surface area contributed by atoms with Crippen molar-refractivity contribution < 1.29 is 19.1 Å². The Morgan fingerprint density at radius 1 is 1.36 bits per heavy atom. The van der Waals surface area contributed by atoms with E-state index in [4.69, 9.17) is 0 Å². The summed E-state index contributed by atoms with van der Waals surface area (Å²) in [5, 5.41) is 2.95. The molecule has 5 nitrogen and oxygen atoms in total. The van der Waals surface area contributed by atoms with Crippen LogP contribution in [0.5, 0.6) is 0 Å². The van der Waals surface area contributed by atoms with Crippen molar-refractivity contribution in [2.75, 3.05) is 6.61 Å². The molecule has 1 aromatic rings. The number of carbonyl (C=O) groups excluding carboxylic acids is 3. The van der Waals surface area contributed by atoms with Gasteiger partial charge in [0.25, 0.3) is 0 Å². The van der Waals surface area contributed by atoms with Gasteiger partial charge in [0.15, 0.2) is 12.4 Å². The summed E-state index contributed by atoms with van der Waals surface area (Å²) in [6.45, 7) is 7.52. The standard InChI is InChI=1S/C13H17NO.C4H4O3/c1-4-12(15)14-13(3,5-2)11-9-7-6-8-10-11;5-3-1-4(6)7-2-3/h4,6-10H,1,5H2,2-3H3,(H,14,15);1-2H2. The number of cyclic esters (lactones) is 1. The highest BCUT2D eigenvalue weighted by molar-refractivity contribution is 6.01. The van der Waals surface area contributed by atoms with E-state index in [9.17, 15) is 14.4 Å². The normalized spacial score (nSPS) is 15.9. The first kappa shape index (κ1) is 17.6. The van der Waals surface area contributed by atoms with Crippen LogP contribution in [0.1, 0.15) is 32.3 Å². The maximum atomic E-state index is 11.3. The van der Waals surface area contributed by atoms with Crippen LogP contribution in [0, 0.1) is 0 Å². The fourth-order valence-electron chi connectivity index (χ4n) is 1.92. The molecular weight excluding hydrogens is 282 g/mol. The maximum Gasteiger partial charge on any atom is 0.313 e. The van der Waals surface area contributed by atoms with Crippen molar-refractivity contribution in [2.45, 2.75) is 32.2 Å². The maximum absolute atomic E-state index is 11.3. The van der Waals surface area contributed by atoms with Crippen LogP contribution in [0.15, 0.2) is 43.0 Å². The van der Waals surface area contributed by atoms with E-state index >= 15 is 0 Å². The topological polar surface area (TPSA) is 72.5 Å². The molecule has 5 heteroatoms. The molecule has 1 amide bonds. The van der Waals surface area contributed by atoms with E-state index in [1.54, 1.807) is 0 Å². The molecule has 0 aromatic heterocycles. The Kier molecular flexibility index (Phi) is 6.50. The average Bonchev–Trinajstić information content (AvgIpc) is 2.91. The van der Waals surface area contributed by atoms with Crippen LogP contribution in [0.2, 0.25) is 0 Å². The third kappa shape index (κ3) is 5.16. The fourth-order valence-corrected chi connectivity index (χ4v) is 1.92. The average molecular weight is 303 g/mol. The minimum Gasteiger partial charge on any atom is -0.457 e. The summed E-state index contributed by atoms with van der Waals surface area (Å²) in [6.07, 6.45) is 2.12. The van der Waals surface area contributed by atoms with Gasteiger partial charge in [-0.15, -0.1) is 0 Å². The van der Waals surface area contributed by atoms with E-state index in [0.29, 0.717) is 0 Å². The summed E-state index contributed by atoms with van der Waals surface area (Å²) >= 11 is 0. The zero-order chi connectivity index (χ0) is 16.6. The highest BCUT2D eigenvalue weighted by Gasteiger charge is 2.25. The molecule has 1 saturated heterocycles. The second-order valence-electron chi connectivity index (χ2n) is 5.12. The Morgan fingerprint density at radius 3 is 2.36 bits per heavy atom. The lowest BCUT2D eigenvalue weighted by Gasteiger charge is -2.29. The number of ketones is 1. The Balaban J connectivity index is 0.000000287. The van der Waals surface area contributed by atoms with Crippen LogP contribution in [-0.2, 0) is 24.7 Å². The van der Waals surface area contributed by atoms with E-state index < -0.39 is 5.97 Å². The number of esters is 1. The predicted octanol–water partition coefficient (Wildman–Crippen LogP) is 2.12. The first-order chi connectivity index (χ1) is 10.4. The molecule has 0 radical (unpaired) electrons. The van der Waals surface area contributed by atoms with Crippen molar-refractivity contribution in [1.29, 1.82) is 0 Å². The summed E-state index contributed by atoms with van der Waals surface area (Å²) < 4.78 is 4.28. The van der Waals surface area contributed by atoms with E-state index in [-0.39, 0.29) is 30.3 Å². The van der Waals surface area contributed by atoms with Crippen molar-refractivity contribution in [1.82, 2.24) is 5.32 Å². The Hall–Kier alpha value is -2.43. The van der Waals surface area contributed by atoms with Gasteiger partial charge in [-0.25, -0.2) is 0 Å². The molecule has 0 spiro atoms. The molecule has 1 heterocycles. The lowest BCUT2D eigenvalue weighted by atomic mass is 9.89. The molecule has 0 saturated carbocycles. The number of carbonyl (C=O) groups is 3. The van der Waals surface area contributed by atoms with Gasteiger partial charge in [0, 0.05) is 0 Å². The molecule has 1 aliphatic rings. The molecule has 2 rings (SSSR count). The van der Waals surface area contributed by atoms with Crippen molar-refractivity contribution in [3.05, 3.63) is 48.6 Å². The Bertz CT molecular complexity index is 539. The van der Waals surface area contributed by atoms with Gasteiger partial charge in [0.2, 0.25) is 5.91 Å². The smallest absolute Gasteiger partial charge is 0.313 e. The predicted molar refractivity (Wildman–Crippen MR) is 83.0 cm³/mol. The van der Waals surface area contributed by atoms with Crippen LogP contribution in [-0.4, -0.2) is 24.3 Å². The first-order valence-corrected chi connectivity index (χ1v) is 7.08. The molecule has 1 unspecified atom stereocenters. The number of ether oxygens (including phenoxy) is 1. The highest BCUT2D eigenvalue weighted by atomic mass is 16.5. The van der Waals surface area contributed by atoms with Crippen molar-refractivity contribution >= 4 is 17.7 Å². The minimum atomic E-state index is -0.398. The quantitative estimate of drug-likeness (QED) is 0.525. The lowest BCUT2D eigenvalue weighted by molar-refractivity contribution is -0.138. The molecule has 1 fully saturated rings. The summed E-state index contributed by atoms with van der Waals surface area (Å²) in [4.78, 5) is 31.4. The molecule has 118 valence electrons. The molecule has 1 aliphatic heterocycles. The summed E-state index contributed by atoms with van der Waals surface area (Å²) in [5.41, 5.74) is 0.801. The number of rotatable bonds is 4. The Morgan fingerprint density at radius 2 is 2.00 bits per heavy atom. The van der Waals surface area contributed by atoms with Crippen molar-refractivity contribution in [2.24, 2.45) is 0 Å². The number of Topliss-reactive ketones (excluding diaryl/α,β-unsaturated/α-hetero) is 1. The molecular formula is C17H21NO4. The second kappa shape index (κ2) is 8.12. The summed E-state index contributed by atoms with van der Waals surface area (Å²) in [6, 6.07) is 9.96. The van der Waals surface area contributed by atoms with Crippen LogP contribution in [0.3, 0.4) is 0 Å². The summed E-state index contributed by atoms with van der Waals surface area (Å²) in [5.74, 6) is -0.654. The highest BCUT2D eigenvalue weighted by Crippen LogP contribution is 2.23. The van der Waals surface area contributed by atoms with Gasteiger partial charge in [-0.3, -0.25) is 14.4 Å². The van der Waals surface area contributed by atoms with Crippen LogP contribution in [0.25, 0.3) is 0 Å². The number of hydrogen-bond acceptors (Lipinski definition) is 4. The van der Waals surface area contributed by atoms with Crippen molar-refractivity contribution in [3.63, 3.8) is 0 Å². The third-order valence-electron chi connectivity index (χ3n) is 3.44. The van der Waals surface area contributed by atoms with Gasteiger partial charge >= 0.3 is 5.97 Å². The second-order valence-corrected chi connectivity index (χ2v) is 5.12. The van der Waals surface area contributed by atoms with Gasteiger partial charge < -0.3 is 10.1 Å². The van der Waals surface area contributed by atoms with E-state index in [2.05, 4.69) is 23.6 Å². The van der Waals surface area contributed by atoms with Gasteiger partial charge in [-0.1, -0.05) is 43.8 Å². The number of amides is 1. The van der Waals surface area contributed by atoms with Crippen LogP contribution >= 0.6 is 0 Å². The molecule has 0 bridgehead atoms. The third-order valence-corrected chi connectivity index (χ3v) is 3.44. The van der Waals surface area contributed by atoms with Gasteiger partial charge in [0.1, 0.15) is 6.42 Å². The SMILES string of the molecule is C=CC(=O)NC(C)(CC)c1ccccc1.O=C1COC(=O)C1. The summed E-state index contributed by atoms with van der Waals surface area (Å²) in [7, 11) is 0. The largest absolute Gasteiger partial charge is 0.457 e. The fraction of sp³-hybridized carbons (Fsp3) is 0.353.